The summed E-state index contributed by atoms with van der Waals surface area (Å²) >= 11 is 0. The number of unbranched alkanes of at least 4 members (excludes halogenated alkanes) is 2. The highest BCUT2D eigenvalue weighted by Crippen LogP contribution is 2.32. The smallest absolute Gasteiger partial charge is 0.305 e. The van der Waals surface area contributed by atoms with Crippen molar-refractivity contribution in [1.29, 1.82) is 0 Å². The van der Waals surface area contributed by atoms with E-state index in [2.05, 4.69) is 15.3 Å². The molecule has 0 spiro atoms. The summed E-state index contributed by atoms with van der Waals surface area (Å²) in [7, 11) is 0. The molecule has 3 aromatic carbocycles. The van der Waals surface area contributed by atoms with E-state index in [0.29, 0.717) is 31.3 Å². The summed E-state index contributed by atoms with van der Waals surface area (Å²) in [6, 6.07) is 22.9. The van der Waals surface area contributed by atoms with E-state index in [0.717, 1.165) is 47.0 Å². The minimum atomic E-state index is -0.228. The molecule has 0 unspecified atom stereocenters. The van der Waals surface area contributed by atoms with Crippen molar-refractivity contribution in [3.63, 3.8) is 0 Å². The average molecular weight is 472 g/mol. The summed E-state index contributed by atoms with van der Waals surface area (Å²) < 4.78 is 11.0. The van der Waals surface area contributed by atoms with Gasteiger partial charge in [0.25, 0.3) is 5.56 Å². The van der Waals surface area contributed by atoms with E-state index in [1.165, 1.54) is 6.07 Å². The topological polar surface area (TPSA) is 93.3 Å². The zero-order valence-electron chi connectivity index (χ0n) is 19.8. The van der Waals surface area contributed by atoms with Crippen molar-refractivity contribution in [3.8, 4) is 17.0 Å². The minimum Gasteiger partial charge on any atom is -0.493 e. The summed E-state index contributed by atoms with van der Waals surface area (Å²) in [4.78, 5) is 31.1. The fraction of sp³-hybridized carbons (Fsp3) is 0.250. The number of aromatic nitrogens is 2. The van der Waals surface area contributed by atoms with E-state index in [1.807, 2.05) is 73.7 Å². The molecular weight excluding hydrogens is 442 g/mol. The summed E-state index contributed by atoms with van der Waals surface area (Å²) in [6.07, 6.45) is 2.98. The van der Waals surface area contributed by atoms with Gasteiger partial charge in [-0.1, -0.05) is 54.6 Å². The highest BCUT2D eigenvalue weighted by atomic mass is 16.5. The number of rotatable bonds is 11. The lowest BCUT2D eigenvalue weighted by Crippen LogP contribution is -2.10. The van der Waals surface area contributed by atoms with E-state index < -0.39 is 0 Å². The normalized spacial score (nSPS) is 10.8. The molecule has 0 saturated heterocycles. The predicted molar refractivity (Wildman–Crippen MR) is 138 cm³/mol. The first kappa shape index (κ1) is 24.0. The fourth-order valence-electron chi connectivity index (χ4n) is 3.88. The van der Waals surface area contributed by atoms with Crippen molar-refractivity contribution >= 4 is 28.4 Å². The molecule has 7 heteroatoms. The molecule has 0 fully saturated rings. The Morgan fingerprint density at radius 1 is 0.943 bits per heavy atom. The van der Waals surface area contributed by atoms with Crippen molar-refractivity contribution < 1.29 is 14.3 Å². The van der Waals surface area contributed by atoms with Gasteiger partial charge in [0, 0.05) is 34.5 Å². The number of nitrogens with one attached hydrogen (secondary N) is 2. The highest BCUT2D eigenvalue weighted by Gasteiger charge is 2.09. The van der Waals surface area contributed by atoms with Crippen LogP contribution in [0, 0.1) is 0 Å². The van der Waals surface area contributed by atoms with Crippen LogP contribution in [-0.2, 0) is 9.53 Å². The molecule has 0 saturated carbocycles. The Morgan fingerprint density at radius 2 is 1.74 bits per heavy atom. The van der Waals surface area contributed by atoms with E-state index in [-0.39, 0.29) is 11.5 Å². The molecule has 0 radical (unpaired) electrons. The molecule has 4 aromatic rings. The molecular formula is C28H29N3O4. The predicted octanol–water partition coefficient (Wildman–Crippen LogP) is 5.84. The third-order valence-corrected chi connectivity index (χ3v) is 5.53. The van der Waals surface area contributed by atoms with Crippen molar-refractivity contribution in [2.45, 2.75) is 32.6 Å². The Morgan fingerprint density at radius 3 is 2.57 bits per heavy atom. The Balaban J connectivity index is 1.45. The van der Waals surface area contributed by atoms with Crippen LogP contribution in [0.4, 0.5) is 11.6 Å². The lowest BCUT2D eigenvalue weighted by Gasteiger charge is -2.13. The SMILES string of the molecule is CCOC(=O)CCCCCOc1cccc2c(Nc3nc(-c4ccccc4)cc(=O)[nH]3)cccc12. The maximum absolute atomic E-state index is 12.3. The Bertz CT molecular complexity index is 1340. The van der Waals surface area contributed by atoms with Gasteiger partial charge in [0.05, 0.1) is 18.9 Å². The van der Waals surface area contributed by atoms with E-state index in [1.54, 1.807) is 0 Å². The van der Waals surface area contributed by atoms with Crippen molar-refractivity contribution in [2.75, 3.05) is 18.5 Å². The number of anilines is 2. The van der Waals surface area contributed by atoms with E-state index in [4.69, 9.17) is 9.47 Å². The third-order valence-electron chi connectivity index (χ3n) is 5.53. The highest BCUT2D eigenvalue weighted by molar-refractivity contribution is 5.98. The average Bonchev–Trinajstić information content (AvgIpc) is 2.87. The molecule has 0 aliphatic carbocycles. The molecule has 35 heavy (non-hydrogen) atoms. The van der Waals surface area contributed by atoms with Gasteiger partial charge in [-0.15, -0.1) is 0 Å². The number of esters is 1. The summed E-state index contributed by atoms with van der Waals surface area (Å²) in [6.45, 7) is 2.80. The molecule has 7 nitrogen and oxygen atoms in total. The van der Waals surface area contributed by atoms with Crippen molar-refractivity contribution in [1.82, 2.24) is 9.97 Å². The molecule has 0 aliphatic rings. The van der Waals surface area contributed by atoms with E-state index >= 15 is 0 Å². The molecule has 2 N–H and O–H groups in total. The maximum Gasteiger partial charge on any atom is 0.305 e. The van der Waals surface area contributed by atoms with Crippen LogP contribution in [0.3, 0.4) is 0 Å². The van der Waals surface area contributed by atoms with Gasteiger partial charge in [-0.2, -0.15) is 0 Å². The van der Waals surface area contributed by atoms with Crippen LogP contribution in [0.5, 0.6) is 5.75 Å². The summed E-state index contributed by atoms with van der Waals surface area (Å²) in [5, 5.41) is 5.19. The Labute approximate surface area is 204 Å². The Kier molecular flexibility index (Phi) is 8.12. The third kappa shape index (κ3) is 6.47. The van der Waals surface area contributed by atoms with Crippen LogP contribution in [0.2, 0.25) is 0 Å². The summed E-state index contributed by atoms with van der Waals surface area (Å²) in [5.41, 5.74) is 2.06. The summed E-state index contributed by atoms with van der Waals surface area (Å²) in [5.74, 6) is 1.01. The number of hydrogen-bond acceptors (Lipinski definition) is 6. The second kappa shape index (κ2) is 11.8. The van der Waals surface area contributed by atoms with Crippen LogP contribution in [0.25, 0.3) is 22.0 Å². The number of nitrogens with zero attached hydrogens (tertiary/aromatic N) is 1. The first-order valence-corrected chi connectivity index (χ1v) is 11.9. The number of fused-ring (bicyclic) bond motifs is 1. The van der Waals surface area contributed by atoms with E-state index in [9.17, 15) is 9.59 Å². The molecule has 180 valence electrons. The second-order valence-corrected chi connectivity index (χ2v) is 8.09. The number of carbonyl (C=O) groups is 1. The molecule has 1 heterocycles. The van der Waals surface area contributed by atoms with Crippen molar-refractivity contribution in [3.05, 3.63) is 83.2 Å². The fourth-order valence-corrected chi connectivity index (χ4v) is 3.88. The molecule has 0 aliphatic heterocycles. The van der Waals surface area contributed by atoms with Crippen LogP contribution >= 0.6 is 0 Å². The van der Waals surface area contributed by atoms with Crippen LogP contribution in [0.15, 0.2) is 77.6 Å². The minimum absolute atomic E-state index is 0.146. The van der Waals surface area contributed by atoms with Gasteiger partial charge < -0.3 is 14.8 Å². The maximum atomic E-state index is 12.3. The zero-order valence-corrected chi connectivity index (χ0v) is 19.8. The van der Waals surface area contributed by atoms with Gasteiger partial charge in [0.1, 0.15) is 5.75 Å². The lowest BCUT2D eigenvalue weighted by atomic mass is 10.1. The number of benzene rings is 3. The monoisotopic (exact) mass is 471 g/mol. The van der Waals surface area contributed by atoms with Crippen LogP contribution in [0.1, 0.15) is 32.6 Å². The quantitative estimate of drug-likeness (QED) is 0.211. The van der Waals surface area contributed by atoms with Crippen molar-refractivity contribution in [2.24, 2.45) is 0 Å². The number of carbonyl (C=O) groups excluding carboxylic acids is 1. The molecule has 0 amide bonds. The first-order chi connectivity index (χ1) is 17.1. The van der Waals surface area contributed by atoms with Crippen LogP contribution < -0.4 is 15.6 Å². The molecule has 0 bridgehead atoms. The number of aromatic amines is 1. The van der Waals surface area contributed by atoms with Gasteiger partial charge in [-0.05, 0) is 38.3 Å². The zero-order chi connectivity index (χ0) is 24.5. The van der Waals surface area contributed by atoms with Gasteiger partial charge in [-0.3, -0.25) is 14.6 Å². The number of ether oxygens (including phenoxy) is 2. The molecule has 1 aromatic heterocycles. The largest absolute Gasteiger partial charge is 0.493 e. The second-order valence-electron chi connectivity index (χ2n) is 8.09. The Hall–Kier alpha value is -4.13. The van der Waals surface area contributed by atoms with Gasteiger partial charge >= 0.3 is 5.97 Å². The first-order valence-electron chi connectivity index (χ1n) is 11.9. The lowest BCUT2D eigenvalue weighted by molar-refractivity contribution is -0.143. The standard InChI is InChI=1S/C28H29N3O4/c1-2-34-27(33)17-7-4-8-18-35-25-16-10-13-21-22(25)14-9-15-23(21)29-28-30-24(19-26(32)31-28)20-11-5-3-6-12-20/h3,5-6,9-16,19H,2,4,7-8,17-18H2,1H3,(H2,29,30,31,32). The van der Waals surface area contributed by atoms with Gasteiger partial charge in [-0.25, -0.2) is 4.98 Å². The number of hydrogen-bond donors (Lipinski definition) is 2. The van der Waals surface area contributed by atoms with Crippen LogP contribution in [-0.4, -0.2) is 29.2 Å². The van der Waals surface area contributed by atoms with Gasteiger partial charge in [0.15, 0.2) is 0 Å². The number of H-pyrrole nitrogens is 1. The molecule has 0 atom stereocenters. The molecule has 4 rings (SSSR count). The van der Waals surface area contributed by atoms with Gasteiger partial charge in [0.2, 0.25) is 5.95 Å².